The molecule has 2 aliphatic carbocycles. The van der Waals surface area contributed by atoms with Gasteiger partial charge in [0.1, 0.15) is 28.2 Å². The lowest BCUT2D eigenvalue weighted by Crippen LogP contribution is -2.10. The first-order valence-corrected chi connectivity index (χ1v) is 18.6. The Kier molecular flexibility index (Phi) is 13.6. The van der Waals surface area contributed by atoms with Gasteiger partial charge in [0, 0.05) is 73.6 Å². The Labute approximate surface area is 319 Å². The van der Waals surface area contributed by atoms with E-state index < -0.39 is 0 Å². The van der Waals surface area contributed by atoms with Crippen molar-refractivity contribution in [3.63, 3.8) is 0 Å². The second kappa shape index (κ2) is 17.6. The van der Waals surface area contributed by atoms with Crippen molar-refractivity contribution in [1.29, 1.82) is 0 Å². The number of aryl methyl sites for hydroxylation is 2. The summed E-state index contributed by atoms with van der Waals surface area (Å²) in [5.74, 6) is 0. The molecule has 2 aromatic heterocycles. The van der Waals surface area contributed by atoms with E-state index in [1.54, 1.807) is 11.3 Å². The molecule has 0 fully saturated rings. The Morgan fingerprint density at radius 1 is 0.549 bits per heavy atom. The van der Waals surface area contributed by atoms with E-state index in [1.807, 2.05) is 11.3 Å². The summed E-state index contributed by atoms with van der Waals surface area (Å²) < 4.78 is 4.26. The highest BCUT2D eigenvalue weighted by atomic mass is 35.5. The molecule has 0 aliphatic heterocycles. The topological polar surface area (TPSA) is 12.5 Å². The van der Waals surface area contributed by atoms with Gasteiger partial charge in [-0.15, -0.1) is 23.7 Å². The van der Waals surface area contributed by atoms with Crippen LogP contribution in [-0.4, -0.2) is 77.0 Å². The minimum atomic E-state index is 0. The van der Waals surface area contributed by atoms with Crippen LogP contribution in [0.5, 0.6) is 0 Å². The van der Waals surface area contributed by atoms with E-state index in [0.717, 1.165) is 0 Å². The third kappa shape index (κ3) is 9.65. The lowest BCUT2D eigenvalue weighted by molar-refractivity contribution is -0.462. The first-order chi connectivity index (χ1) is 23.9. The standard InChI is InChI=1S/C23H27N2S.C21H23N2S.ClH/c1-16-15-22(17(2)26-16)23(18-7-11-20(12-8-18)24(3)4)19-9-13-21(14-10-19)25(5)6;1-22(2)19-9-5-16(6-10-19)21(18-13-14-24-15-18)17-7-11-20(12-8-17)23(3)4;/h7-15H,1-6H3;5-15H,1-4H3;1H/q2*+1;. The van der Waals surface area contributed by atoms with E-state index in [2.05, 4.69) is 209 Å². The second-order valence-electron chi connectivity index (χ2n) is 13.4. The van der Waals surface area contributed by atoms with Gasteiger partial charge in [-0.1, -0.05) is 24.3 Å². The van der Waals surface area contributed by atoms with Crippen LogP contribution < -0.4 is 9.80 Å². The molecule has 0 spiro atoms. The van der Waals surface area contributed by atoms with Gasteiger partial charge in [-0.25, -0.2) is 9.15 Å². The van der Waals surface area contributed by atoms with Gasteiger partial charge in [-0.3, -0.25) is 0 Å². The van der Waals surface area contributed by atoms with Crippen molar-refractivity contribution in [3.8, 4) is 0 Å². The first kappa shape index (κ1) is 39.3. The van der Waals surface area contributed by atoms with Crippen molar-refractivity contribution in [1.82, 2.24) is 0 Å². The lowest BCUT2D eigenvalue weighted by atomic mass is 9.91. The number of anilines is 2. The molecule has 6 rings (SSSR count). The zero-order valence-electron chi connectivity index (χ0n) is 31.6. The molecule has 0 saturated carbocycles. The van der Waals surface area contributed by atoms with Gasteiger partial charge in [-0.2, -0.15) is 11.3 Å². The van der Waals surface area contributed by atoms with E-state index in [9.17, 15) is 0 Å². The SMILES string of the molecule is CN(C)c1ccc(C(=C2C=CC(=[N+](C)C)C=C2)c2ccsc2)cc1.Cc1cc(C(=C2C=CC(=[N+](C)C)C=C2)c2ccc(N(C)C)cc2)c(C)s1.Cl. The van der Waals surface area contributed by atoms with Gasteiger partial charge in [-0.05, 0) is 130 Å². The van der Waals surface area contributed by atoms with Crippen LogP contribution in [0.25, 0.3) is 11.1 Å². The smallest absolute Gasteiger partial charge is 0.199 e. The van der Waals surface area contributed by atoms with E-state index in [1.165, 1.54) is 77.1 Å². The van der Waals surface area contributed by atoms with Crippen LogP contribution in [0.4, 0.5) is 11.4 Å². The summed E-state index contributed by atoms with van der Waals surface area (Å²) in [4.78, 5) is 6.98. The molecular weight excluding hydrogens is 684 g/mol. The normalized spacial score (nSPS) is 13.1. The highest BCUT2D eigenvalue weighted by Crippen LogP contribution is 2.36. The fourth-order valence-electron chi connectivity index (χ4n) is 5.97. The predicted molar refractivity (Wildman–Crippen MR) is 230 cm³/mol. The van der Waals surface area contributed by atoms with E-state index in [4.69, 9.17) is 0 Å². The molecule has 0 amide bonds. The van der Waals surface area contributed by atoms with Crippen LogP contribution in [0.3, 0.4) is 0 Å². The number of hydrogen-bond donors (Lipinski definition) is 0. The largest absolute Gasteiger partial charge is 0.378 e. The molecule has 0 atom stereocenters. The summed E-state index contributed by atoms with van der Waals surface area (Å²) in [7, 11) is 16.6. The average Bonchev–Trinajstić information content (AvgIpc) is 3.75. The van der Waals surface area contributed by atoms with Crippen LogP contribution >= 0.6 is 35.1 Å². The minimum Gasteiger partial charge on any atom is -0.378 e. The van der Waals surface area contributed by atoms with Crippen LogP contribution in [0.1, 0.15) is 32.0 Å². The molecule has 7 heteroatoms. The Morgan fingerprint density at radius 2 is 0.980 bits per heavy atom. The quantitative estimate of drug-likeness (QED) is 0.183. The molecule has 0 saturated heterocycles. The Bertz CT molecular complexity index is 2030. The molecule has 0 unspecified atom stereocenters. The molecule has 0 radical (unpaired) electrons. The maximum Gasteiger partial charge on any atom is 0.199 e. The highest BCUT2D eigenvalue weighted by molar-refractivity contribution is 7.12. The Morgan fingerprint density at radius 3 is 1.33 bits per heavy atom. The summed E-state index contributed by atoms with van der Waals surface area (Å²) in [6.45, 7) is 4.40. The molecule has 2 aliphatic rings. The summed E-state index contributed by atoms with van der Waals surface area (Å²) in [5, 5.41) is 4.35. The summed E-state index contributed by atoms with van der Waals surface area (Å²) in [6.07, 6.45) is 17.6. The second-order valence-corrected chi connectivity index (χ2v) is 15.6. The van der Waals surface area contributed by atoms with E-state index in [-0.39, 0.29) is 12.4 Å². The first-order valence-electron chi connectivity index (χ1n) is 16.9. The van der Waals surface area contributed by atoms with E-state index >= 15 is 0 Å². The number of nitrogens with zero attached hydrogens (tertiary/aromatic N) is 4. The molecule has 4 nitrogen and oxygen atoms in total. The zero-order valence-corrected chi connectivity index (χ0v) is 34.0. The van der Waals surface area contributed by atoms with Crippen molar-refractivity contribution in [2.24, 2.45) is 0 Å². The number of allylic oxidation sites excluding steroid dienone is 10. The third-order valence-electron chi connectivity index (χ3n) is 8.81. The molecule has 264 valence electrons. The number of benzene rings is 2. The molecular formula is C44H51ClN4S2+2. The van der Waals surface area contributed by atoms with Gasteiger partial charge >= 0.3 is 0 Å². The predicted octanol–water partition coefficient (Wildman–Crippen LogP) is 9.95. The number of thiophene rings is 2. The maximum atomic E-state index is 2.31. The van der Waals surface area contributed by atoms with Gasteiger partial charge < -0.3 is 9.80 Å². The average molecular weight is 736 g/mol. The van der Waals surface area contributed by atoms with Crippen LogP contribution in [0, 0.1) is 13.8 Å². The monoisotopic (exact) mass is 734 g/mol. The summed E-state index contributed by atoms with van der Waals surface area (Å²) in [5.41, 5.74) is 15.1. The van der Waals surface area contributed by atoms with Crippen molar-refractivity contribution in [3.05, 3.63) is 163 Å². The van der Waals surface area contributed by atoms with Gasteiger partial charge in [0.25, 0.3) is 0 Å². The molecule has 51 heavy (non-hydrogen) atoms. The molecule has 0 bridgehead atoms. The van der Waals surface area contributed by atoms with Crippen LogP contribution in [0.2, 0.25) is 0 Å². The fourth-order valence-corrected chi connectivity index (χ4v) is 7.55. The van der Waals surface area contributed by atoms with Gasteiger partial charge in [0.15, 0.2) is 11.4 Å². The number of rotatable bonds is 6. The summed E-state index contributed by atoms with van der Waals surface area (Å²) >= 11 is 3.60. The molecule has 2 heterocycles. The fraction of sp³-hybridized carbons (Fsp3) is 0.227. The number of hydrogen-bond acceptors (Lipinski definition) is 4. The van der Waals surface area contributed by atoms with Crippen molar-refractivity contribution in [2.75, 3.05) is 66.2 Å². The maximum absolute atomic E-state index is 2.31. The molecule has 4 aromatic rings. The molecule has 2 aromatic carbocycles. The highest BCUT2D eigenvalue weighted by Gasteiger charge is 2.17. The minimum absolute atomic E-state index is 0. The van der Waals surface area contributed by atoms with Crippen molar-refractivity contribution >= 4 is 69.0 Å². The Balaban J connectivity index is 0.000000225. The number of halogens is 1. The zero-order chi connectivity index (χ0) is 35.9. The van der Waals surface area contributed by atoms with E-state index in [0.29, 0.717) is 0 Å². The van der Waals surface area contributed by atoms with Crippen LogP contribution in [-0.2, 0) is 0 Å². The summed E-state index contributed by atoms with van der Waals surface area (Å²) in [6, 6.07) is 22.1. The van der Waals surface area contributed by atoms with Crippen molar-refractivity contribution < 1.29 is 9.15 Å². The molecule has 0 N–H and O–H groups in total. The van der Waals surface area contributed by atoms with Gasteiger partial charge in [0.2, 0.25) is 0 Å². The van der Waals surface area contributed by atoms with Crippen molar-refractivity contribution in [2.45, 2.75) is 13.8 Å². The van der Waals surface area contributed by atoms with Gasteiger partial charge in [0.05, 0.1) is 0 Å². The van der Waals surface area contributed by atoms with Crippen LogP contribution in [0.15, 0.2) is 131 Å². The third-order valence-corrected chi connectivity index (χ3v) is 10.5. The Hall–Kier alpha value is -4.49. The lowest BCUT2D eigenvalue weighted by Gasteiger charge is -2.16.